The minimum Gasteiger partial charge on any atom is -0.444 e. The summed E-state index contributed by atoms with van der Waals surface area (Å²) in [5.74, 6) is -2.86. The summed E-state index contributed by atoms with van der Waals surface area (Å²) in [6.45, 7) is 5.00. The number of hydrogen-bond acceptors (Lipinski definition) is 6. The van der Waals surface area contributed by atoms with Crippen LogP contribution in [0.15, 0.2) is 12.4 Å². The van der Waals surface area contributed by atoms with E-state index in [-0.39, 0.29) is 17.1 Å². The van der Waals surface area contributed by atoms with E-state index < -0.39 is 55.1 Å². The van der Waals surface area contributed by atoms with Gasteiger partial charge in [0.05, 0.1) is 11.8 Å². The van der Waals surface area contributed by atoms with Crippen molar-refractivity contribution in [2.75, 3.05) is 5.32 Å². The van der Waals surface area contributed by atoms with E-state index in [1.165, 1.54) is 12.4 Å². The maximum absolute atomic E-state index is 14.3. The fourth-order valence-electron chi connectivity index (χ4n) is 3.51. The van der Waals surface area contributed by atoms with Crippen LogP contribution in [0, 0.1) is 0 Å². The summed E-state index contributed by atoms with van der Waals surface area (Å²) in [6.07, 6.45) is -5.92. The topological polar surface area (TPSA) is 76.1 Å². The highest BCUT2D eigenvalue weighted by Gasteiger charge is 2.42. The molecule has 1 saturated carbocycles. The third-order valence-electron chi connectivity index (χ3n) is 4.48. The Labute approximate surface area is 179 Å². The Bertz CT molecular complexity index is 942. The van der Waals surface area contributed by atoms with Crippen LogP contribution >= 0.6 is 11.3 Å². The normalized spacial score (nSPS) is 21.7. The van der Waals surface area contributed by atoms with Gasteiger partial charge in [-0.25, -0.2) is 23.5 Å². The van der Waals surface area contributed by atoms with Crippen LogP contribution in [0.4, 0.5) is 32.6 Å². The molecule has 2 aromatic heterocycles. The summed E-state index contributed by atoms with van der Waals surface area (Å²) in [5.41, 5.74) is -0.765. The molecule has 31 heavy (non-hydrogen) atoms. The quantitative estimate of drug-likeness (QED) is 0.599. The molecule has 2 heterocycles. The standard InChI is InChI=1S/C19H23F5N4O2S/c1-17(2,3)30-16(29)28-11-4-10(6-18(20,21)7-11)27-14-13-5-12(8-19(22,23)24)31-15(13)26-9-25-14/h5,9-11H,4,6-8H2,1-3H3,(H,28,29)(H,25,26,27)/t10-,11+/m0/s1. The van der Waals surface area contributed by atoms with Crippen molar-refractivity contribution in [1.82, 2.24) is 15.3 Å². The number of hydrogen-bond donors (Lipinski definition) is 2. The lowest BCUT2D eigenvalue weighted by Crippen LogP contribution is -2.49. The molecule has 0 saturated heterocycles. The summed E-state index contributed by atoms with van der Waals surface area (Å²) in [7, 11) is 0. The minimum atomic E-state index is -4.37. The van der Waals surface area contributed by atoms with E-state index in [4.69, 9.17) is 4.74 Å². The molecule has 1 fully saturated rings. The van der Waals surface area contributed by atoms with Crippen LogP contribution in [0.1, 0.15) is 44.9 Å². The Morgan fingerprint density at radius 2 is 1.90 bits per heavy atom. The zero-order valence-electron chi connectivity index (χ0n) is 17.1. The number of rotatable bonds is 4. The molecular formula is C19H23F5N4O2S. The second-order valence-electron chi connectivity index (χ2n) is 8.63. The van der Waals surface area contributed by atoms with Gasteiger partial charge in [0.1, 0.15) is 22.6 Å². The third-order valence-corrected chi connectivity index (χ3v) is 5.52. The molecule has 0 aromatic carbocycles. The molecule has 0 radical (unpaired) electrons. The predicted molar refractivity (Wildman–Crippen MR) is 107 cm³/mol. The Kier molecular flexibility index (Phi) is 6.32. The molecule has 1 aliphatic rings. The molecule has 172 valence electrons. The number of carbonyl (C=O) groups is 1. The zero-order valence-corrected chi connectivity index (χ0v) is 18.0. The molecule has 1 amide bonds. The van der Waals surface area contributed by atoms with Crippen molar-refractivity contribution in [2.45, 2.75) is 76.2 Å². The van der Waals surface area contributed by atoms with Gasteiger partial charge in [0, 0.05) is 29.8 Å². The fraction of sp³-hybridized carbons (Fsp3) is 0.632. The molecule has 0 aliphatic heterocycles. The number of nitrogens with zero attached hydrogens (tertiary/aromatic N) is 2. The van der Waals surface area contributed by atoms with Crippen LogP contribution in [-0.4, -0.2) is 45.8 Å². The van der Waals surface area contributed by atoms with Crippen molar-refractivity contribution >= 4 is 33.5 Å². The molecule has 2 atom stereocenters. The summed E-state index contributed by atoms with van der Waals surface area (Å²) < 4.78 is 71.9. The van der Waals surface area contributed by atoms with E-state index in [2.05, 4.69) is 20.6 Å². The minimum absolute atomic E-state index is 0.0597. The lowest BCUT2D eigenvalue weighted by molar-refractivity contribution is -0.126. The highest BCUT2D eigenvalue weighted by molar-refractivity contribution is 7.18. The molecule has 12 heteroatoms. The van der Waals surface area contributed by atoms with Crippen molar-refractivity contribution in [3.63, 3.8) is 0 Å². The number of nitrogens with one attached hydrogen (secondary N) is 2. The first-order valence-electron chi connectivity index (χ1n) is 9.63. The molecule has 0 bridgehead atoms. The van der Waals surface area contributed by atoms with Crippen LogP contribution in [0.3, 0.4) is 0 Å². The first-order valence-corrected chi connectivity index (χ1v) is 10.4. The van der Waals surface area contributed by atoms with Gasteiger partial charge < -0.3 is 15.4 Å². The maximum atomic E-state index is 14.3. The number of thiophene rings is 1. The van der Waals surface area contributed by atoms with Gasteiger partial charge in [-0.3, -0.25) is 0 Å². The van der Waals surface area contributed by atoms with Gasteiger partial charge >= 0.3 is 12.3 Å². The number of anilines is 1. The maximum Gasteiger partial charge on any atom is 0.407 e. The van der Waals surface area contributed by atoms with Crippen LogP contribution < -0.4 is 10.6 Å². The Morgan fingerprint density at radius 3 is 2.55 bits per heavy atom. The van der Waals surface area contributed by atoms with E-state index in [0.29, 0.717) is 10.2 Å². The first kappa shape index (κ1) is 23.4. The van der Waals surface area contributed by atoms with E-state index in [1.807, 2.05) is 0 Å². The van der Waals surface area contributed by atoms with Crippen LogP contribution in [0.25, 0.3) is 10.2 Å². The van der Waals surface area contributed by atoms with Gasteiger partial charge in [0.15, 0.2) is 0 Å². The van der Waals surface area contributed by atoms with Crippen LogP contribution in [0.5, 0.6) is 0 Å². The average Bonchev–Trinajstić information content (AvgIpc) is 2.92. The Morgan fingerprint density at radius 1 is 1.23 bits per heavy atom. The molecule has 3 rings (SSSR count). The Hall–Kier alpha value is -2.24. The summed E-state index contributed by atoms with van der Waals surface area (Å²) in [4.78, 5) is 20.4. The average molecular weight is 466 g/mol. The lowest BCUT2D eigenvalue weighted by atomic mass is 9.88. The van der Waals surface area contributed by atoms with E-state index in [0.717, 1.165) is 11.3 Å². The number of carbonyl (C=O) groups excluding carboxylic acids is 1. The van der Waals surface area contributed by atoms with Crippen molar-refractivity contribution < 1.29 is 31.5 Å². The number of fused-ring (bicyclic) bond motifs is 1. The lowest BCUT2D eigenvalue weighted by Gasteiger charge is -2.36. The molecule has 0 spiro atoms. The zero-order chi connectivity index (χ0) is 23.0. The molecule has 0 unspecified atom stereocenters. The van der Waals surface area contributed by atoms with Crippen LogP contribution in [-0.2, 0) is 11.2 Å². The van der Waals surface area contributed by atoms with Gasteiger partial charge in [0.25, 0.3) is 5.92 Å². The van der Waals surface area contributed by atoms with Gasteiger partial charge in [-0.15, -0.1) is 11.3 Å². The monoisotopic (exact) mass is 466 g/mol. The molecule has 2 N–H and O–H groups in total. The number of alkyl carbamates (subject to hydrolysis) is 1. The number of amides is 1. The molecule has 6 nitrogen and oxygen atoms in total. The van der Waals surface area contributed by atoms with E-state index >= 15 is 0 Å². The number of aromatic nitrogens is 2. The smallest absolute Gasteiger partial charge is 0.407 e. The number of halogens is 5. The largest absolute Gasteiger partial charge is 0.444 e. The third kappa shape index (κ3) is 6.88. The van der Waals surface area contributed by atoms with Crippen molar-refractivity contribution in [2.24, 2.45) is 0 Å². The molecule has 2 aromatic rings. The SMILES string of the molecule is CC(C)(C)OC(=O)N[C@@H]1C[C@H](Nc2ncnc3sc(CC(F)(F)F)cc23)CC(F)(F)C1. The van der Waals surface area contributed by atoms with Crippen molar-refractivity contribution in [3.8, 4) is 0 Å². The highest BCUT2D eigenvalue weighted by atomic mass is 32.1. The molecular weight excluding hydrogens is 443 g/mol. The fourth-order valence-corrected chi connectivity index (χ4v) is 4.53. The summed E-state index contributed by atoms with van der Waals surface area (Å²) >= 11 is 0.882. The summed E-state index contributed by atoms with van der Waals surface area (Å²) in [5, 5.41) is 5.73. The number of ether oxygens (including phenoxy) is 1. The van der Waals surface area contributed by atoms with Gasteiger partial charge in [-0.05, 0) is 33.3 Å². The van der Waals surface area contributed by atoms with Crippen LogP contribution in [0.2, 0.25) is 0 Å². The second kappa shape index (κ2) is 8.36. The van der Waals surface area contributed by atoms with Gasteiger partial charge in [-0.2, -0.15) is 13.2 Å². The predicted octanol–water partition coefficient (Wildman–Crippen LogP) is 5.29. The highest BCUT2D eigenvalue weighted by Crippen LogP contribution is 2.37. The number of alkyl halides is 5. The Balaban J connectivity index is 1.75. The van der Waals surface area contributed by atoms with Gasteiger partial charge in [0.2, 0.25) is 0 Å². The van der Waals surface area contributed by atoms with Gasteiger partial charge in [-0.1, -0.05) is 0 Å². The second-order valence-corrected chi connectivity index (χ2v) is 9.75. The van der Waals surface area contributed by atoms with Crippen molar-refractivity contribution in [1.29, 1.82) is 0 Å². The first-order chi connectivity index (χ1) is 14.2. The van der Waals surface area contributed by atoms with E-state index in [9.17, 15) is 26.7 Å². The molecule has 1 aliphatic carbocycles. The van der Waals surface area contributed by atoms with E-state index in [1.54, 1.807) is 20.8 Å². The summed E-state index contributed by atoms with van der Waals surface area (Å²) in [6, 6.07) is -0.266. The van der Waals surface area contributed by atoms with Crippen molar-refractivity contribution in [3.05, 3.63) is 17.3 Å².